The topological polar surface area (TPSA) is 91.8 Å². The van der Waals surface area contributed by atoms with Crippen LogP contribution in [0.1, 0.15) is 64.5 Å². The molecule has 2 heterocycles. The highest BCUT2D eigenvalue weighted by Gasteiger charge is 2.65. The van der Waals surface area contributed by atoms with E-state index in [2.05, 4.69) is 10.3 Å². The molecule has 1 saturated heterocycles. The summed E-state index contributed by atoms with van der Waals surface area (Å²) < 4.78 is 116. The predicted molar refractivity (Wildman–Crippen MR) is 156 cm³/mol. The molecular formula is C30H34F8N4O4S. The van der Waals surface area contributed by atoms with Gasteiger partial charge in [0.15, 0.2) is 0 Å². The van der Waals surface area contributed by atoms with Crippen LogP contribution in [0.25, 0.3) is 0 Å². The van der Waals surface area contributed by atoms with Gasteiger partial charge in [0.1, 0.15) is 28.4 Å². The van der Waals surface area contributed by atoms with Crippen LogP contribution >= 0.6 is 10.2 Å². The van der Waals surface area contributed by atoms with Crippen LogP contribution in [-0.2, 0) is 14.3 Å². The molecule has 1 N–H and O–H groups in total. The fourth-order valence-corrected chi connectivity index (χ4v) is 6.81. The second-order valence-electron chi connectivity index (χ2n) is 13.4. The minimum Gasteiger partial charge on any atom is -0.444 e. The average molecular weight is 699 g/mol. The van der Waals surface area contributed by atoms with E-state index in [1.807, 2.05) is 0 Å². The van der Waals surface area contributed by atoms with Gasteiger partial charge in [0.05, 0.1) is 6.20 Å². The van der Waals surface area contributed by atoms with Crippen LogP contribution < -0.4 is 10.2 Å². The summed E-state index contributed by atoms with van der Waals surface area (Å²) in [5.74, 6) is -6.42. The van der Waals surface area contributed by atoms with Gasteiger partial charge in [-0.1, -0.05) is 19.4 Å². The van der Waals surface area contributed by atoms with Gasteiger partial charge in [0.25, 0.3) is 5.91 Å². The van der Waals surface area contributed by atoms with E-state index < -0.39 is 92.9 Å². The Kier molecular flexibility index (Phi) is 8.09. The number of nitrogens with zero attached hydrogens (tertiary/aromatic N) is 3. The van der Waals surface area contributed by atoms with Crippen molar-refractivity contribution in [1.82, 2.24) is 15.2 Å². The lowest BCUT2D eigenvalue weighted by Gasteiger charge is -2.41. The SMILES string of the molecule is CC(C)(C)OC(=O)N1C[C@@H]2C[C@@H]2[C@@H]1C(=O)N(c1ccc(S(F)(F)(F)(F)F)cc1)C(C(=O)NC1CCC(F)(F)CC1)c1cncc(F)c1. The van der Waals surface area contributed by atoms with Crippen LogP contribution in [0.3, 0.4) is 0 Å². The van der Waals surface area contributed by atoms with Crippen molar-refractivity contribution in [3.63, 3.8) is 0 Å². The van der Waals surface area contributed by atoms with E-state index in [1.165, 1.54) is 0 Å². The number of amides is 3. The molecular weight excluding hydrogens is 664 g/mol. The van der Waals surface area contributed by atoms with E-state index in [1.54, 1.807) is 20.8 Å². The Hall–Kier alpha value is -3.63. The fraction of sp³-hybridized carbons (Fsp3) is 0.533. The van der Waals surface area contributed by atoms with Gasteiger partial charge in [0, 0.05) is 42.9 Å². The molecule has 1 aromatic carbocycles. The van der Waals surface area contributed by atoms with Gasteiger partial charge in [0.2, 0.25) is 11.8 Å². The lowest BCUT2D eigenvalue weighted by Crippen LogP contribution is -2.55. The smallest absolute Gasteiger partial charge is 0.410 e. The summed E-state index contributed by atoms with van der Waals surface area (Å²) in [5.41, 5.74) is -1.67. The number of fused-ring (bicyclic) bond motifs is 1. The van der Waals surface area contributed by atoms with E-state index in [0.29, 0.717) is 18.6 Å². The second kappa shape index (κ2) is 11.0. The normalized spacial score (nSPS) is 24.7. The Morgan fingerprint density at radius 2 is 1.66 bits per heavy atom. The van der Waals surface area contributed by atoms with Crippen molar-refractivity contribution in [2.24, 2.45) is 11.8 Å². The first-order valence-corrected chi connectivity index (χ1v) is 16.8. The third-order valence-electron chi connectivity index (χ3n) is 8.44. The van der Waals surface area contributed by atoms with Crippen LogP contribution in [0.15, 0.2) is 47.6 Å². The Balaban J connectivity index is 1.60. The standard InChI is InChI=1S/C30H34F8N4O4S/c1-29(2,3)46-28(45)41-16-18-13-23(18)25(41)27(44)42(21-4-6-22(7-5-21)47(34,35,36,37)38)24(17-12-19(31)15-39-14-17)26(43)40-20-8-10-30(32,33)11-9-20/h4-7,12,14-15,18,20,23-25H,8-11,13,16H2,1-3H3,(H,40,43)/t18-,23-,24?,25+/m0/s1. The molecule has 1 aromatic heterocycles. The molecule has 3 aliphatic rings. The number of alkyl halides is 2. The highest BCUT2D eigenvalue weighted by Crippen LogP contribution is 3.02. The number of carbonyl (C=O) groups excluding carboxylic acids is 3. The number of piperidine rings is 1. The molecule has 1 aliphatic heterocycles. The Labute approximate surface area is 265 Å². The first-order chi connectivity index (χ1) is 21.4. The van der Waals surface area contributed by atoms with E-state index in [4.69, 9.17) is 4.74 Å². The molecule has 3 fully saturated rings. The zero-order valence-corrected chi connectivity index (χ0v) is 26.4. The third kappa shape index (κ3) is 7.92. The minimum atomic E-state index is -10.2. The highest BCUT2D eigenvalue weighted by atomic mass is 32.5. The second-order valence-corrected chi connectivity index (χ2v) is 15.8. The number of carbonyl (C=O) groups is 3. The number of nitrogens with one attached hydrogen (secondary N) is 1. The molecule has 2 aliphatic carbocycles. The monoisotopic (exact) mass is 698 g/mol. The van der Waals surface area contributed by atoms with Crippen LogP contribution in [0.4, 0.5) is 43.1 Å². The van der Waals surface area contributed by atoms with Gasteiger partial charge in [-0.2, -0.15) is 0 Å². The van der Waals surface area contributed by atoms with Crippen LogP contribution in [-0.4, -0.2) is 57.9 Å². The Morgan fingerprint density at radius 1 is 1.04 bits per heavy atom. The van der Waals surface area contributed by atoms with Crippen molar-refractivity contribution in [2.45, 2.75) is 87.4 Å². The van der Waals surface area contributed by atoms with Gasteiger partial charge in [-0.25, -0.2) is 18.0 Å². The molecule has 47 heavy (non-hydrogen) atoms. The first-order valence-electron chi connectivity index (χ1n) is 14.9. The summed E-state index contributed by atoms with van der Waals surface area (Å²) in [6.07, 6.45) is 0.101. The number of rotatable bonds is 7. The molecule has 5 rings (SSSR count). The van der Waals surface area contributed by atoms with Gasteiger partial charge < -0.3 is 10.1 Å². The molecule has 0 radical (unpaired) electrons. The summed E-state index contributed by atoms with van der Waals surface area (Å²) in [6.45, 7) is 4.90. The van der Waals surface area contributed by atoms with Gasteiger partial charge in [-0.15, -0.1) is 0 Å². The molecule has 2 aromatic rings. The largest absolute Gasteiger partial charge is 0.444 e. The van der Waals surface area contributed by atoms with E-state index in [0.717, 1.165) is 28.3 Å². The number of hydrogen-bond acceptors (Lipinski definition) is 5. The van der Waals surface area contributed by atoms with Crippen molar-refractivity contribution in [3.05, 3.63) is 54.1 Å². The molecule has 0 bridgehead atoms. The maximum atomic E-state index is 14.6. The number of ether oxygens (including phenoxy) is 1. The van der Waals surface area contributed by atoms with E-state index in [9.17, 15) is 47.0 Å². The molecule has 4 atom stereocenters. The molecule has 3 amide bonds. The molecule has 1 unspecified atom stereocenters. The van der Waals surface area contributed by atoms with Crippen molar-refractivity contribution in [2.75, 3.05) is 11.4 Å². The van der Waals surface area contributed by atoms with Crippen molar-refractivity contribution >= 4 is 33.8 Å². The van der Waals surface area contributed by atoms with Gasteiger partial charge in [-0.05, 0) is 82.2 Å². The summed E-state index contributed by atoms with van der Waals surface area (Å²) in [5, 5.41) is 2.59. The number of benzene rings is 1. The lowest BCUT2D eigenvalue weighted by atomic mass is 9.91. The summed E-state index contributed by atoms with van der Waals surface area (Å²) >= 11 is 0. The Bertz CT molecular complexity index is 1560. The van der Waals surface area contributed by atoms with E-state index >= 15 is 0 Å². The molecule has 17 heteroatoms. The summed E-state index contributed by atoms with van der Waals surface area (Å²) in [6, 6.07) is -1.79. The van der Waals surface area contributed by atoms with Crippen LogP contribution in [0.5, 0.6) is 0 Å². The lowest BCUT2D eigenvalue weighted by molar-refractivity contribution is -0.130. The number of halogens is 8. The van der Waals surface area contributed by atoms with Crippen molar-refractivity contribution in [3.8, 4) is 0 Å². The molecule has 260 valence electrons. The number of aromatic nitrogens is 1. The van der Waals surface area contributed by atoms with E-state index in [-0.39, 0.29) is 43.0 Å². The number of anilines is 1. The van der Waals surface area contributed by atoms with Crippen molar-refractivity contribution < 1.29 is 51.7 Å². The van der Waals surface area contributed by atoms with Crippen LogP contribution in [0, 0.1) is 17.7 Å². The quantitative estimate of drug-likeness (QED) is 0.297. The number of hydrogen-bond donors (Lipinski definition) is 1. The number of pyridine rings is 1. The maximum Gasteiger partial charge on any atom is 0.410 e. The van der Waals surface area contributed by atoms with Gasteiger partial charge >= 0.3 is 16.3 Å². The fourth-order valence-electron chi connectivity index (χ4n) is 6.16. The van der Waals surface area contributed by atoms with Gasteiger partial charge in [-0.3, -0.25) is 24.4 Å². The molecule has 0 spiro atoms. The summed E-state index contributed by atoms with van der Waals surface area (Å²) in [7, 11) is -10.2. The number of likely N-dealkylation sites (tertiary alicyclic amines) is 1. The van der Waals surface area contributed by atoms with Crippen LogP contribution in [0.2, 0.25) is 0 Å². The highest BCUT2D eigenvalue weighted by molar-refractivity contribution is 8.45. The van der Waals surface area contributed by atoms with Crippen molar-refractivity contribution in [1.29, 1.82) is 0 Å². The first kappa shape index (κ1) is 34.7. The minimum absolute atomic E-state index is 0.0688. The average Bonchev–Trinajstić information content (AvgIpc) is 3.59. The summed E-state index contributed by atoms with van der Waals surface area (Å²) in [4.78, 5) is 45.1. The molecule has 8 nitrogen and oxygen atoms in total. The predicted octanol–water partition coefficient (Wildman–Crippen LogP) is 7.90. The maximum absolute atomic E-state index is 14.6. The zero-order chi connectivity index (χ0) is 34.8. The Morgan fingerprint density at radius 3 is 2.21 bits per heavy atom. The zero-order valence-electron chi connectivity index (χ0n) is 25.6. The third-order valence-corrected chi connectivity index (χ3v) is 9.60. The molecule has 2 saturated carbocycles.